The Kier molecular flexibility index (Phi) is 5.25. The molecule has 6 nitrogen and oxygen atoms in total. The maximum absolute atomic E-state index is 12.5. The molecule has 0 atom stereocenters. The Morgan fingerprint density at radius 2 is 2.00 bits per heavy atom. The number of carbonyl (C=O) groups excluding carboxylic acids is 1. The molecule has 1 fully saturated rings. The number of hydrogen-bond acceptors (Lipinski definition) is 5. The third-order valence-corrected chi connectivity index (χ3v) is 4.00. The number of rotatable bonds is 5. The molecule has 24 heavy (non-hydrogen) atoms. The minimum absolute atomic E-state index is 0.261. The number of anilines is 2. The monoisotopic (exact) mass is 326 g/mol. The van der Waals surface area contributed by atoms with E-state index in [-0.39, 0.29) is 5.91 Å². The van der Waals surface area contributed by atoms with Crippen molar-refractivity contribution in [3.05, 3.63) is 42.4 Å². The molecule has 6 heteroatoms. The summed E-state index contributed by atoms with van der Waals surface area (Å²) in [5.74, 6) is 1.20. The zero-order valence-corrected chi connectivity index (χ0v) is 13.9. The first-order chi connectivity index (χ1) is 11.8. The van der Waals surface area contributed by atoms with Crippen molar-refractivity contribution in [3.8, 4) is 5.75 Å². The summed E-state index contributed by atoms with van der Waals surface area (Å²) in [4.78, 5) is 23.2. The molecule has 2 heterocycles. The largest absolute Gasteiger partial charge is 0.492 e. The van der Waals surface area contributed by atoms with Crippen molar-refractivity contribution in [1.29, 1.82) is 0 Å². The van der Waals surface area contributed by atoms with Crippen molar-refractivity contribution in [2.24, 2.45) is 0 Å². The highest BCUT2D eigenvalue weighted by atomic mass is 16.5. The molecule has 1 aliphatic heterocycles. The highest BCUT2D eigenvalue weighted by Gasteiger charge is 2.16. The third-order valence-electron chi connectivity index (χ3n) is 4.00. The van der Waals surface area contributed by atoms with Gasteiger partial charge in [0.25, 0.3) is 5.91 Å². The van der Waals surface area contributed by atoms with Gasteiger partial charge in [0.05, 0.1) is 12.3 Å². The number of ether oxygens (including phenoxy) is 1. The van der Waals surface area contributed by atoms with E-state index in [2.05, 4.69) is 20.2 Å². The fraction of sp³-hybridized carbons (Fsp3) is 0.389. The molecule has 0 radical (unpaired) electrons. The van der Waals surface area contributed by atoms with E-state index in [1.165, 1.54) is 12.7 Å². The lowest BCUT2D eigenvalue weighted by Gasteiger charge is -2.27. The molecule has 0 unspecified atom stereocenters. The number of carbonyl (C=O) groups is 1. The summed E-state index contributed by atoms with van der Waals surface area (Å²) >= 11 is 0. The van der Waals surface area contributed by atoms with E-state index in [1.807, 2.05) is 31.2 Å². The first-order valence-electron chi connectivity index (χ1n) is 8.38. The Morgan fingerprint density at radius 1 is 1.21 bits per heavy atom. The second-order valence-electron chi connectivity index (χ2n) is 5.69. The van der Waals surface area contributed by atoms with E-state index in [9.17, 15) is 4.79 Å². The quantitative estimate of drug-likeness (QED) is 0.914. The Balaban J connectivity index is 1.75. The molecule has 1 N–H and O–H groups in total. The molecule has 126 valence electrons. The van der Waals surface area contributed by atoms with Crippen molar-refractivity contribution in [3.63, 3.8) is 0 Å². The van der Waals surface area contributed by atoms with Crippen LogP contribution in [-0.4, -0.2) is 35.6 Å². The highest BCUT2D eigenvalue weighted by molar-refractivity contribution is 6.04. The number of para-hydroxylation sites is 2. The van der Waals surface area contributed by atoms with Crippen molar-refractivity contribution in [2.45, 2.75) is 26.2 Å². The van der Waals surface area contributed by atoms with Crippen LogP contribution in [0.5, 0.6) is 5.75 Å². The van der Waals surface area contributed by atoms with Crippen LogP contribution in [0.25, 0.3) is 0 Å². The fourth-order valence-corrected chi connectivity index (χ4v) is 2.80. The molecule has 0 bridgehead atoms. The molecule has 1 amide bonds. The lowest BCUT2D eigenvalue weighted by molar-refractivity contribution is 0.102. The molecule has 0 saturated carbocycles. The van der Waals surface area contributed by atoms with Gasteiger partial charge in [-0.15, -0.1) is 0 Å². The van der Waals surface area contributed by atoms with Crippen molar-refractivity contribution >= 4 is 17.4 Å². The van der Waals surface area contributed by atoms with Crippen molar-refractivity contribution < 1.29 is 9.53 Å². The van der Waals surface area contributed by atoms with E-state index in [0.717, 1.165) is 31.7 Å². The molecule has 1 aliphatic rings. The third kappa shape index (κ3) is 3.82. The number of nitrogens with one attached hydrogen (secondary N) is 1. The maximum Gasteiger partial charge on any atom is 0.274 e. The topological polar surface area (TPSA) is 67.3 Å². The van der Waals surface area contributed by atoms with Gasteiger partial charge in [-0.05, 0) is 38.3 Å². The SMILES string of the molecule is CCOc1ccccc1NC(=O)c1cc(N2CCCCC2)ncn1. The molecule has 3 rings (SSSR count). The van der Waals surface area contributed by atoms with E-state index >= 15 is 0 Å². The zero-order valence-electron chi connectivity index (χ0n) is 13.9. The van der Waals surface area contributed by atoms with Crippen LogP contribution in [0.15, 0.2) is 36.7 Å². The van der Waals surface area contributed by atoms with Crippen LogP contribution in [0.2, 0.25) is 0 Å². The number of piperidine rings is 1. The van der Waals surface area contributed by atoms with Crippen LogP contribution < -0.4 is 15.0 Å². The summed E-state index contributed by atoms with van der Waals surface area (Å²) in [6, 6.07) is 9.13. The molecule has 2 aromatic rings. The molecule has 1 aromatic carbocycles. The molecular formula is C18H22N4O2. The Morgan fingerprint density at radius 3 is 2.79 bits per heavy atom. The number of benzene rings is 1. The van der Waals surface area contributed by atoms with Crippen LogP contribution in [0, 0.1) is 0 Å². The second kappa shape index (κ2) is 7.77. The van der Waals surface area contributed by atoms with E-state index in [0.29, 0.717) is 23.7 Å². The van der Waals surface area contributed by atoms with Gasteiger partial charge in [-0.3, -0.25) is 4.79 Å². The van der Waals surface area contributed by atoms with Gasteiger partial charge in [0, 0.05) is 19.2 Å². The van der Waals surface area contributed by atoms with Gasteiger partial charge in [-0.1, -0.05) is 12.1 Å². The first-order valence-corrected chi connectivity index (χ1v) is 8.38. The fourth-order valence-electron chi connectivity index (χ4n) is 2.80. The smallest absolute Gasteiger partial charge is 0.274 e. The summed E-state index contributed by atoms with van der Waals surface area (Å²) in [6.07, 6.45) is 5.02. The number of aromatic nitrogens is 2. The van der Waals surface area contributed by atoms with Crippen LogP contribution in [0.4, 0.5) is 11.5 Å². The van der Waals surface area contributed by atoms with E-state index in [1.54, 1.807) is 6.07 Å². The lowest BCUT2D eigenvalue weighted by Crippen LogP contribution is -2.30. The second-order valence-corrected chi connectivity index (χ2v) is 5.69. The van der Waals surface area contributed by atoms with Gasteiger partial charge in [0.1, 0.15) is 23.6 Å². The Hall–Kier alpha value is -2.63. The predicted octanol–water partition coefficient (Wildman–Crippen LogP) is 3.12. The first kappa shape index (κ1) is 16.2. The number of amides is 1. The molecular weight excluding hydrogens is 304 g/mol. The average Bonchev–Trinajstić information content (AvgIpc) is 2.64. The molecule has 0 aliphatic carbocycles. The van der Waals surface area contributed by atoms with E-state index < -0.39 is 0 Å². The minimum atomic E-state index is -0.261. The van der Waals surface area contributed by atoms with Crippen LogP contribution in [-0.2, 0) is 0 Å². The average molecular weight is 326 g/mol. The van der Waals surface area contributed by atoms with Gasteiger partial charge in [0.2, 0.25) is 0 Å². The van der Waals surface area contributed by atoms with Crippen LogP contribution >= 0.6 is 0 Å². The van der Waals surface area contributed by atoms with Gasteiger partial charge in [-0.2, -0.15) is 0 Å². The summed E-state index contributed by atoms with van der Waals surface area (Å²) in [6.45, 7) is 4.41. The standard InChI is InChI=1S/C18H22N4O2/c1-2-24-16-9-5-4-8-14(16)21-18(23)15-12-17(20-13-19-15)22-10-6-3-7-11-22/h4-5,8-9,12-13H,2-3,6-7,10-11H2,1H3,(H,21,23). The van der Waals surface area contributed by atoms with Crippen LogP contribution in [0.3, 0.4) is 0 Å². The van der Waals surface area contributed by atoms with Crippen molar-refractivity contribution in [1.82, 2.24) is 9.97 Å². The Labute approximate surface area is 141 Å². The normalized spacial score (nSPS) is 14.3. The van der Waals surface area contributed by atoms with Gasteiger partial charge < -0.3 is 15.0 Å². The summed E-state index contributed by atoms with van der Waals surface area (Å²) in [7, 11) is 0. The van der Waals surface area contributed by atoms with Gasteiger partial charge in [-0.25, -0.2) is 9.97 Å². The Bertz CT molecular complexity index is 699. The maximum atomic E-state index is 12.5. The molecule has 1 saturated heterocycles. The van der Waals surface area contributed by atoms with E-state index in [4.69, 9.17) is 4.74 Å². The van der Waals surface area contributed by atoms with Gasteiger partial charge >= 0.3 is 0 Å². The van der Waals surface area contributed by atoms with Crippen LogP contribution in [0.1, 0.15) is 36.7 Å². The zero-order chi connectivity index (χ0) is 16.8. The predicted molar refractivity (Wildman–Crippen MR) is 93.7 cm³/mol. The summed E-state index contributed by atoms with van der Waals surface area (Å²) in [5, 5.41) is 2.87. The van der Waals surface area contributed by atoms with Crippen molar-refractivity contribution in [2.75, 3.05) is 29.9 Å². The molecule has 1 aromatic heterocycles. The molecule has 0 spiro atoms. The number of hydrogen-bond donors (Lipinski definition) is 1. The highest BCUT2D eigenvalue weighted by Crippen LogP contribution is 2.24. The van der Waals surface area contributed by atoms with Gasteiger partial charge in [0.15, 0.2) is 0 Å². The minimum Gasteiger partial charge on any atom is -0.492 e. The lowest BCUT2D eigenvalue weighted by atomic mass is 10.1. The summed E-state index contributed by atoms with van der Waals surface area (Å²) in [5.41, 5.74) is 0.999. The summed E-state index contributed by atoms with van der Waals surface area (Å²) < 4.78 is 5.54. The number of nitrogens with zero attached hydrogens (tertiary/aromatic N) is 3.